The first-order valence-corrected chi connectivity index (χ1v) is 5.14. The van der Waals surface area contributed by atoms with Gasteiger partial charge in [0.1, 0.15) is 17.5 Å². The summed E-state index contributed by atoms with van der Waals surface area (Å²) in [5.74, 6) is -1.48. The van der Waals surface area contributed by atoms with Crippen molar-refractivity contribution in [3.8, 4) is 11.5 Å². The molecular weight excluding hydrogens is 267 g/mol. The summed E-state index contributed by atoms with van der Waals surface area (Å²) in [5, 5.41) is 8.69. The van der Waals surface area contributed by atoms with Gasteiger partial charge >= 0.3 is 12.3 Å². The van der Waals surface area contributed by atoms with E-state index in [2.05, 4.69) is 4.74 Å². The van der Waals surface area contributed by atoms with Gasteiger partial charge in [0, 0.05) is 6.42 Å². The summed E-state index contributed by atoms with van der Waals surface area (Å²) in [4.78, 5) is 10.6. The lowest BCUT2D eigenvalue weighted by molar-refractivity contribution is -0.274. The molecule has 106 valence electrons. The Bertz CT molecular complexity index is 462. The maximum absolute atomic E-state index is 12.1. The molecule has 1 rings (SSSR count). The first-order valence-electron chi connectivity index (χ1n) is 5.14. The van der Waals surface area contributed by atoms with Crippen LogP contribution in [0.1, 0.15) is 5.56 Å². The van der Waals surface area contributed by atoms with Crippen molar-refractivity contribution in [3.05, 3.63) is 23.8 Å². The first kappa shape index (κ1) is 15.1. The summed E-state index contributed by atoms with van der Waals surface area (Å²) in [6.07, 6.45) is -4.99. The van der Waals surface area contributed by atoms with E-state index >= 15 is 0 Å². The quantitative estimate of drug-likeness (QED) is 0.854. The van der Waals surface area contributed by atoms with Crippen LogP contribution in [-0.4, -0.2) is 30.6 Å². The third kappa shape index (κ3) is 4.66. The molecule has 0 spiro atoms. The Morgan fingerprint density at radius 1 is 1.47 bits per heavy atom. The second-order valence-electron chi connectivity index (χ2n) is 3.67. The highest BCUT2D eigenvalue weighted by molar-refractivity contribution is 5.73. The van der Waals surface area contributed by atoms with Crippen LogP contribution in [-0.2, 0) is 11.2 Å². The highest BCUT2D eigenvalue weighted by Gasteiger charge is 2.31. The summed E-state index contributed by atoms with van der Waals surface area (Å²) in [5.41, 5.74) is 5.55. The van der Waals surface area contributed by atoms with E-state index in [-0.39, 0.29) is 17.7 Å². The summed E-state index contributed by atoms with van der Waals surface area (Å²) in [7, 11) is 1.31. The molecule has 1 aromatic rings. The highest BCUT2D eigenvalue weighted by atomic mass is 19.4. The van der Waals surface area contributed by atoms with Gasteiger partial charge < -0.3 is 20.3 Å². The monoisotopic (exact) mass is 279 g/mol. The lowest BCUT2D eigenvalue weighted by Gasteiger charge is -2.14. The maximum atomic E-state index is 12.1. The van der Waals surface area contributed by atoms with Crippen molar-refractivity contribution in [2.75, 3.05) is 7.11 Å². The number of alkyl halides is 3. The van der Waals surface area contributed by atoms with Gasteiger partial charge in [-0.3, -0.25) is 4.79 Å². The largest absolute Gasteiger partial charge is 0.573 e. The number of hydrogen-bond donors (Lipinski definition) is 2. The van der Waals surface area contributed by atoms with Crippen LogP contribution in [0.5, 0.6) is 11.5 Å². The van der Waals surface area contributed by atoms with Gasteiger partial charge in [0.15, 0.2) is 0 Å². The molecule has 0 saturated carbocycles. The normalized spacial score (nSPS) is 12.9. The Morgan fingerprint density at radius 2 is 2.11 bits per heavy atom. The number of rotatable bonds is 5. The zero-order valence-electron chi connectivity index (χ0n) is 9.90. The molecule has 0 aliphatic carbocycles. The minimum atomic E-state index is -4.82. The molecule has 0 aliphatic rings. The van der Waals surface area contributed by atoms with Crippen molar-refractivity contribution < 1.29 is 32.5 Å². The SMILES string of the molecule is COc1ccc(OC(F)(F)F)cc1CC(N)C(=O)O. The van der Waals surface area contributed by atoms with Crippen LogP contribution in [0, 0.1) is 0 Å². The van der Waals surface area contributed by atoms with Crippen molar-refractivity contribution in [3.63, 3.8) is 0 Å². The van der Waals surface area contributed by atoms with Gasteiger partial charge in [-0.1, -0.05) is 0 Å². The third-order valence-corrected chi connectivity index (χ3v) is 2.24. The Labute approximate surface area is 106 Å². The van der Waals surface area contributed by atoms with E-state index in [0.717, 1.165) is 12.1 Å². The predicted molar refractivity (Wildman–Crippen MR) is 59.0 cm³/mol. The van der Waals surface area contributed by atoms with Crippen molar-refractivity contribution >= 4 is 5.97 Å². The van der Waals surface area contributed by atoms with E-state index in [1.165, 1.54) is 13.2 Å². The zero-order valence-corrected chi connectivity index (χ0v) is 9.90. The molecule has 0 aliphatic heterocycles. The fraction of sp³-hybridized carbons (Fsp3) is 0.364. The van der Waals surface area contributed by atoms with E-state index in [9.17, 15) is 18.0 Å². The summed E-state index contributed by atoms with van der Waals surface area (Å²) in [6.45, 7) is 0. The molecule has 0 aromatic heterocycles. The van der Waals surface area contributed by atoms with Crippen LogP contribution >= 0.6 is 0 Å². The number of ether oxygens (including phenoxy) is 2. The number of methoxy groups -OCH3 is 1. The lowest BCUT2D eigenvalue weighted by Crippen LogP contribution is -2.32. The Balaban J connectivity index is 2.99. The molecule has 5 nitrogen and oxygen atoms in total. The van der Waals surface area contributed by atoms with E-state index in [1.54, 1.807) is 0 Å². The number of carboxylic acid groups (broad SMARTS) is 1. The molecule has 0 radical (unpaired) electrons. The summed E-state index contributed by atoms with van der Waals surface area (Å²) < 4.78 is 44.9. The summed E-state index contributed by atoms with van der Waals surface area (Å²) in [6, 6.07) is 2.14. The van der Waals surface area contributed by atoms with Gasteiger partial charge in [0.25, 0.3) is 0 Å². The third-order valence-electron chi connectivity index (χ3n) is 2.24. The number of aliphatic carboxylic acids is 1. The first-order chi connectivity index (χ1) is 8.73. The molecule has 19 heavy (non-hydrogen) atoms. The average molecular weight is 279 g/mol. The fourth-order valence-electron chi connectivity index (χ4n) is 1.44. The van der Waals surface area contributed by atoms with Crippen LogP contribution in [0.2, 0.25) is 0 Å². The van der Waals surface area contributed by atoms with Crippen LogP contribution in [0.15, 0.2) is 18.2 Å². The van der Waals surface area contributed by atoms with Gasteiger partial charge in [0.05, 0.1) is 7.11 Å². The van der Waals surface area contributed by atoms with E-state index in [0.29, 0.717) is 0 Å². The number of halogens is 3. The highest BCUT2D eigenvalue weighted by Crippen LogP contribution is 2.29. The molecule has 8 heteroatoms. The molecular formula is C11H12F3NO4. The second kappa shape index (κ2) is 5.79. The van der Waals surface area contributed by atoms with Gasteiger partial charge in [-0.2, -0.15) is 0 Å². The standard InChI is InChI=1S/C11H12F3NO4/c1-18-9-3-2-7(19-11(12,13)14)4-6(9)5-8(15)10(16)17/h2-4,8H,5,15H2,1H3,(H,16,17). The molecule has 3 N–H and O–H groups in total. The molecule has 0 saturated heterocycles. The number of carboxylic acids is 1. The molecule has 1 unspecified atom stereocenters. The number of carbonyl (C=O) groups is 1. The van der Waals surface area contributed by atoms with Crippen LogP contribution < -0.4 is 15.2 Å². The minimum Gasteiger partial charge on any atom is -0.496 e. The van der Waals surface area contributed by atoms with Gasteiger partial charge in [-0.25, -0.2) is 0 Å². The number of nitrogens with two attached hydrogens (primary N) is 1. The molecule has 0 bridgehead atoms. The zero-order chi connectivity index (χ0) is 14.6. The molecule has 0 fully saturated rings. The van der Waals surface area contributed by atoms with Crippen molar-refractivity contribution in [2.24, 2.45) is 5.73 Å². The van der Waals surface area contributed by atoms with Crippen LogP contribution in [0.3, 0.4) is 0 Å². The Hall–Kier alpha value is -1.96. The lowest BCUT2D eigenvalue weighted by atomic mass is 10.1. The van der Waals surface area contributed by atoms with Crippen molar-refractivity contribution in [1.29, 1.82) is 0 Å². The predicted octanol–water partition coefficient (Wildman–Crippen LogP) is 1.55. The second-order valence-corrected chi connectivity index (χ2v) is 3.67. The van der Waals surface area contributed by atoms with Gasteiger partial charge in [0.2, 0.25) is 0 Å². The smallest absolute Gasteiger partial charge is 0.496 e. The topological polar surface area (TPSA) is 81.8 Å². The van der Waals surface area contributed by atoms with Crippen LogP contribution in [0.25, 0.3) is 0 Å². The fourth-order valence-corrected chi connectivity index (χ4v) is 1.44. The van der Waals surface area contributed by atoms with Crippen molar-refractivity contribution in [2.45, 2.75) is 18.8 Å². The minimum absolute atomic E-state index is 0.173. The van der Waals surface area contributed by atoms with Gasteiger partial charge in [-0.05, 0) is 23.8 Å². The molecule has 0 amide bonds. The number of hydrogen-bond acceptors (Lipinski definition) is 4. The Morgan fingerprint density at radius 3 is 2.58 bits per heavy atom. The maximum Gasteiger partial charge on any atom is 0.573 e. The van der Waals surface area contributed by atoms with E-state index in [4.69, 9.17) is 15.6 Å². The number of benzene rings is 1. The van der Waals surface area contributed by atoms with Crippen LogP contribution in [0.4, 0.5) is 13.2 Å². The van der Waals surface area contributed by atoms with E-state index in [1.807, 2.05) is 0 Å². The molecule has 1 atom stereocenters. The van der Waals surface area contributed by atoms with Crippen molar-refractivity contribution in [1.82, 2.24) is 0 Å². The molecule has 1 aromatic carbocycles. The molecule has 0 heterocycles. The summed E-state index contributed by atoms with van der Waals surface area (Å²) >= 11 is 0. The van der Waals surface area contributed by atoms with E-state index < -0.39 is 24.1 Å². The average Bonchev–Trinajstić information content (AvgIpc) is 2.27. The van der Waals surface area contributed by atoms with Gasteiger partial charge in [-0.15, -0.1) is 13.2 Å². The Kier molecular flexibility index (Phi) is 4.60.